The van der Waals surface area contributed by atoms with Crippen LogP contribution in [-0.4, -0.2) is 65.0 Å². The summed E-state index contributed by atoms with van der Waals surface area (Å²) in [6.07, 6.45) is 0.608. The molecular formula is C19H28FN3O3. The van der Waals surface area contributed by atoms with Crippen molar-refractivity contribution in [3.63, 3.8) is 0 Å². The van der Waals surface area contributed by atoms with Crippen molar-refractivity contribution in [1.29, 1.82) is 0 Å². The molecule has 2 N–H and O–H groups in total. The lowest BCUT2D eigenvalue weighted by molar-refractivity contribution is -0.140. The zero-order valence-corrected chi connectivity index (χ0v) is 15.4. The molecule has 1 saturated heterocycles. The number of aliphatic hydroxyl groups is 1. The molecule has 0 aliphatic carbocycles. The SMILES string of the molecule is CC(C)N(CCCO)C(=O)CC1C(=O)NCCN1Cc1ccc(F)cc1. The lowest BCUT2D eigenvalue weighted by Crippen LogP contribution is -2.56. The number of hydrogen-bond acceptors (Lipinski definition) is 4. The maximum Gasteiger partial charge on any atom is 0.237 e. The molecule has 0 spiro atoms. The third-order valence-electron chi connectivity index (χ3n) is 4.61. The first-order valence-corrected chi connectivity index (χ1v) is 9.09. The van der Waals surface area contributed by atoms with Crippen LogP contribution < -0.4 is 5.32 Å². The number of benzene rings is 1. The Morgan fingerprint density at radius 1 is 1.38 bits per heavy atom. The van der Waals surface area contributed by atoms with Gasteiger partial charge in [0.05, 0.1) is 12.5 Å². The molecule has 6 nitrogen and oxygen atoms in total. The number of nitrogens with one attached hydrogen (secondary N) is 1. The summed E-state index contributed by atoms with van der Waals surface area (Å²) in [7, 11) is 0. The minimum atomic E-state index is -0.545. The summed E-state index contributed by atoms with van der Waals surface area (Å²) in [6, 6.07) is 5.65. The second-order valence-corrected chi connectivity index (χ2v) is 6.87. The van der Waals surface area contributed by atoms with Gasteiger partial charge in [-0.2, -0.15) is 0 Å². The molecule has 0 aromatic heterocycles. The molecule has 2 amide bonds. The van der Waals surface area contributed by atoms with E-state index >= 15 is 0 Å². The minimum absolute atomic E-state index is 0.00579. The van der Waals surface area contributed by atoms with Crippen molar-refractivity contribution in [2.45, 2.75) is 45.3 Å². The molecule has 1 atom stereocenters. The Labute approximate surface area is 154 Å². The summed E-state index contributed by atoms with van der Waals surface area (Å²) in [6.45, 7) is 6.00. The second kappa shape index (κ2) is 9.64. The van der Waals surface area contributed by atoms with E-state index in [0.717, 1.165) is 5.56 Å². The average Bonchev–Trinajstić information content (AvgIpc) is 2.60. The van der Waals surface area contributed by atoms with Crippen LogP contribution in [0.3, 0.4) is 0 Å². The number of rotatable bonds is 8. The van der Waals surface area contributed by atoms with E-state index < -0.39 is 6.04 Å². The van der Waals surface area contributed by atoms with Crippen molar-refractivity contribution in [2.75, 3.05) is 26.2 Å². The van der Waals surface area contributed by atoms with Gasteiger partial charge in [0, 0.05) is 38.8 Å². The zero-order chi connectivity index (χ0) is 19.1. The lowest BCUT2D eigenvalue weighted by atomic mass is 10.1. The van der Waals surface area contributed by atoms with Crippen LogP contribution >= 0.6 is 0 Å². The van der Waals surface area contributed by atoms with Crippen LogP contribution in [0.1, 0.15) is 32.3 Å². The van der Waals surface area contributed by atoms with Gasteiger partial charge in [-0.25, -0.2) is 4.39 Å². The molecule has 1 aromatic carbocycles. The fraction of sp³-hybridized carbons (Fsp3) is 0.579. The quantitative estimate of drug-likeness (QED) is 0.725. The van der Waals surface area contributed by atoms with Crippen LogP contribution in [0.5, 0.6) is 0 Å². The van der Waals surface area contributed by atoms with Crippen molar-refractivity contribution in [3.8, 4) is 0 Å². The maximum absolute atomic E-state index is 13.1. The van der Waals surface area contributed by atoms with Crippen LogP contribution in [0.2, 0.25) is 0 Å². The molecule has 1 fully saturated rings. The van der Waals surface area contributed by atoms with Gasteiger partial charge in [0.25, 0.3) is 0 Å². The van der Waals surface area contributed by atoms with Crippen LogP contribution in [0.4, 0.5) is 4.39 Å². The molecule has 0 bridgehead atoms. The van der Waals surface area contributed by atoms with E-state index in [-0.39, 0.29) is 36.7 Å². The number of nitrogens with zero attached hydrogens (tertiary/aromatic N) is 2. The highest BCUT2D eigenvalue weighted by atomic mass is 19.1. The smallest absolute Gasteiger partial charge is 0.237 e. The predicted octanol–water partition coefficient (Wildman–Crippen LogP) is 1.14. The van der Waals surface area contributed by atoms with Gasteiger partial charge in [0.1, 0.15) is 5.82 Å². The number of piperazine rings is 1. The molecule has 2 rings (SSSR count). The fourth-order valence-corrected chi connectivity index (χ4v) is 3.19. The summed E-state index contributed by atoms with van der Waals surface area (Å²) in [4.78, 5) is 28.8. The van der Waals surface area contributed by atoms with Crippen molar-refractivity contribution in [3.05, 3.63) is 35.6 Å². The first-order chi connectivity index (χ1) is 12.4. The number of carbonyl (C=O) groups is 2. The first kappa shape index (κ1) is 20.3. The highest BCUT2D eigenvalue weighted by Gasteiger charge is 2.33. The number of hydrogen-bond donors (Lipinski definition) is 2. The number of aliphatic hydroxyl groups excluding tert-OH is 1. The minimum Gasteiger partial charge on any atom is -0.396 e. The van der Waals surface area contributed by atoms with Crippen molar-refractivity contribution >= 4 is 11.8 Å². The standard InChI is InChI=1S/C19H28FN3O3/c1-14(2)23(9-3-11-24)18(25)12-17-19(26)21-8-10-22(17)13-15-4-6-16(20)7-5-15/h4-7,14,17,24H,3,8-13H2,1-2H3,(H,21,26). The van der Waals surface area contributed by atoms with Gasteiger partial charge < -0.3 is 15.3 Å². The molecule has 7 heteroatoms. The van der Waals surface area contributed by atoms with Crippen LogP contribution in [0.25, 0.3) is 0 Å². The third kappa shape index (κ3) is 5.51. The Bertz CT molecular complexity index is 607. The predicted molar refractivity (Wildman–Crippen MR) is 96.8 cm³/mol. The van der Waals surface area contributed by atoms with Gasteiger partial charge in [-0.15, -0.1) is 0 Å². The van der Waals surface area contributed by atoms with E-state index in [0.29, 0.717) is 32.6 Å². The van der Waals surface area contributed by atoms with Gasteiger partial charge >= 0.3 is 0 Å². The molecule has 1 aromatic rings. The Morgan fingerprint density at radius 2 is 2.08 bits per heavy atom. The Kier molecular flexibility index (Phi) is 7.53. The van der Waals surface area contributed by atoms with Crippen molar-refractivity contribution in [1.82, 2.24) is 15.1 Å². The van der Waals surface area contributed by atoms with Gasteiger partial charge in [-0.3, -0.25) is 14.5 Å². The molecule has 1 heterocycles. The number of amides is 2. The molecule has 0 saturated carbocycles. The summed E-state index contributed by atoms with van der Waals surface area (Å²) in [5.41, 5.74) is 0.902. The summed E-state index contributed by atoms with van der Waals surface area (Å²) < 4.78 is 13.1. The molecule has 1 aliphatic heterocycles. The molecular weight excluding hydrogens is 337 g/mol. The maximum atomic E-state index is 13.1. The van der Waals surface area contributed by atoms with Crippen LogP contribution in [-0.2, 0) is 16.1 Å². The van der Waals surface area contributed by atoms with Gasteiger partial charge in [-0.05, 0) is 38.0 Å². The first-order valence-electron chi connectivity index (χ1n) is 9.09. The van der Waals surface area contributed by atoms with Gasteiger partial charge in [0.2, 0.25) is 11.8 Å². The van der Waals surface area contributed by atoms with E-state index in [2.05, 4.69) is 5.32 Å². The van der Waals surface area contributed by atoms with Gasteiger partial charge in [-0.1, -0.05) is 12.1 Å². The van der Waals surface area contributed by atoms with Crippen molar-refractivity contribution in [2.24, 2.45) is 0 Å². The highest BCUT2D eigenvalue weighted by Crippen LogP contribution is 2.16. The number of carbonyl (C=O) groups excluding carboxylic acids is 2. The molecule has 0 radical (unpaired) electrons. The molecule has 1 unspecified atom stereocenters. The van der Waals surface area contributed by atoms with E-state index in [1.54, 1.807) is 17.0 Å². The largest absolute Gasteiger partial charge is 0.396 e. The van der Waals surface area contributed by atoms with Gasteiger partial charge in [0.15, 0.2) is 0 Å². The van der Waals surface area contributed by atoms with E-state index in [1.807, 2.05) is 18.7 Å². The van der Waals surface area contributed by atoms with Crippen LogP contribution in [0, 0.1) is 5.82 Å². The second-order valence-electron chi connectivity index (χ2n) is 6.87. The van der Waals surface area contributed by atoms with Crippen LogP contribution in [0.15, 0.2) is 24.3 Å². The topological polar surface area (TPSA) is 72.9 Å². The van der Waals surface area contributed by atoms with E-state index in [9.17, 15) is 14.0 Å². The monoisotopic (exact) mass is 365 g/mol. The molecule has 1 aliphatic rings. The lowest BCUT2D eigenvalue weighted by Gasteiger charge is -2.36. The number of halogens is 1. The summed E-state index contributed by atoms with van der Waals surface area (Å²) >= 11 is 0. The molecule has 26 heavy (non-hydrogen) atoms. The highest BCUT2D eigenvalue weighted by molar-refractivity contribution is 5.89. The summed E-state index contributed by atoms with van der Waals surface area (Å²) in [5, 5.41) is 11.9. The van der Waals surface area contributed by atoms with Crippen molar-refractivity contribution < 1.29 is 19.1 Å². The Morgan fingerprint density at radius 3 is 2.69 bits per heavy atom. The summed E-state index contributed by atoms with van der Waals surface area (Å²) in [5.74, 6) is -0.550. The van der Waals surface area contributed by atoms with E-state index in [1.165, 1.54) is 12.1 Å². The fourth-order valence-electron chi connectivity index (χ4n) is 3.19. The van der Waals surface area contributed by atoms with E-state index in [4.69, 9.17) is 5.11 Å². The zero-order valence-electron chi connectivity index (χ0n) is 15.4. The normalized spacial score (nSPS) is 18.0. The Hall–Kier alpha value is -1.99. The third-order valence-corrected chi connectivity index (χ3v) is 4.61. The molecule has 144 valence electrons. The average molecular weight is 365 g/mol. The Balaban J connectivity index is 2.07.